The molecule has 0 aliphatic heterocycles. The Morgan fingerprint density at radius 1 is 1.00 bits per heavy atom. The molecule has 0 spiro atoms. The van der Waals surface area contributed by atoms with Gasteiger partial charge in [-0.3, -0.25) is 0 Å². The van der Waals surface area contributed by atoms with Crippen LogP contribution in [-0.4, -0.2) is 32.9 Å². The van der Waals surface area contributed by atoms with Crippen molar-refractivity contribution in [3.63, 3.8) is 0 Å². The third-order valence-corrected chi connectivity index (χ3v) is 5.50. The summed E-state index contributed by atoms with van der Waals surface area (Å²) in [6.45, 7) is 4.60. The second-order valence-corrected chi connectivity index (χ2v) is 6.31. The molecule has 0 amide bonds. The Morgan fingerprint density at radius 3 is 2.15 bits per heavy atom. The van der Waals surface area contributed by atoms with Gasteiger partial charge in [0.25, 0.3) is 0 Å². The van der Waals surface area contributed by atoms with Gasteiger partial charge in [0.2, 0.25) is 10.0 Å². The molecule has 0 saturated carbocycles. The van der Waals surface area contributed by atoms with Gasteiger partial charge in [-0.15, -0.1) is 0 Å². The zero-order valence-electron chi connectivity index (χ0n) is 12.0. The molecule has 20 heavy (non-hydrogen) atoms. The molecule has 2 rings (SSSR count). The average Bonchev–Trinajstić information content (AvgIpc) is 2.46. The minimum Gasteiger partial charge on any atom is -0.496 e. The molecular weight excluding hydrogens is 274 g/mol. The quantitative estimate of drug-likeness (QED) is 0.851. The number of methoxy groups -OCH3 is 1. The molecule has 0 atom stereocenters. The van der Waals surface area contributed by atoms with Gasteiger partial charge in [-0.1, -0.05) is 38.1 Å². The second kappa shape index (κ2) is 5.81. The number of sulfonamides is 1. The lowest BCUT2D eigenvalue weighted by atomic mass is 10.1. The predicted molar refractivity (Wildman–Crippen MR) is 80.6 cm³/mol. The summed E-state index contributed by atoms with van der Waals surface area (Å²) in [7, 11) is -1.89. The minimum atomic E-state index is -3.48. The highest BCUT2D eigenvalue weighted by atomic mass is 32.2. The zero-order valence-corrected chi connectivity index (χ0v) is 12.8. The molecule has 108 valence electrons. The number of nitrogens with zero attached hydrogens (tertiary/aromatic N) is 1. The van der Waals surface area contributed by atoms with Crippen LogP contribution in [0.2, 0.25) is 0 Å². The summed E-state index contributed by atoms with van der Waals surface area (Å²) in [4.78, 5) is 0.331. The van der Waals surface area contributed by atoms with Gasteiger partial charge in [0.05, 0.1) is 12.0 Å². The van der Waals surface area contributed by atoms with E-state index in [1.165, 1.54) is 4.31 Å². The van der Waals surface area contributed by atoms with Crippen molar-refractivity contribution in [3.8, 4) is 5.75 Å². The van der Waals surface area contributed by atoms with E-state index in [4.69, 9.17) is 4.74 Å². The maximum absolute atomic E-state index is 12.7. The van der Waals surface area contributed by atoms with E-state index in [-0.39, 0.29) is 0 Å². The van der Waals surface area contributed by atoms with E-state index in [9.17, 15) is 8.42 Å². The van der Waals surface area contributed by atoms with Crippen LogP contribution < -0.4 is 4.74 Å². The molecule has 5 heteroatoms. The molecule has 0 radical (unpaired) electrons. The third-order valence-electron chi connectivity index (χ3n) is 3.39. The number of hydrogen-bond donors (Lipinski definition) is 0. The Balaban J connectivity index is 2.73. The Kier molecular flexibility index (Phi) is 4.30. The molecular formula is C15H19NO3S. The summed E-state index contributed by atoms with van der Waals surface area (Å²) in [5.41, 5.74) is 0. The summed E-state index contributed by atoms with van der Waals surface area (Å²) in [5.74, 6) is 0.680. The molecule has 0 N–H and O–H groups in total. The van der Waals surface area contributed by atoms with E-state index in [0.717, 1.165) is 5.39 Å². The number of ether oxygens (including phenoxy) is 1. The fraction of sp³-hybridized carbons (Fsp3) is 0.333. The van der Waals surface area contributed by atoms with Crippen LogP contribution in [0, 0.1) is 0 Å². The monoisotopic (exact) mass is 293 g/mol. The zero-order chi connectivity index (χ0) is 14.8. The fourth-order valence-corrected chi connectivity index (χ4v) is 4.00. The topological polar surface area (TPSA) is 46.6 Å². The Hall–Kier alpha value is -1.59. The van der Waals surface area contributed by atoms with E-state index in [1.807, 2.05) is 38.1 Å². The lowest BCUT2D eigenvalue weighted by Crippen LogP contribution is -2.30. The lowest BCUT2D eigenvalue weighted by Gasteiger charge is -2.20. The molecule has 4 nitrogen and oxygen atoms in total. The van der Waals surface area contributed by atoms with Gasteiger partial charge in [0.1, 0.15) is 5.75 Å². The second-order valence-electron chi connectivity index (χ2n) is 4.40. The van der Waals surface area contributed by atoms with E-state index in [0.29, 0.717) is 29.1 Å². The maximum atomic E-state index is 12.7. The molecule has 0 unspecified atom stereocenters. The normalized spacial score (nSPS) is 12.0. The molecule has 2 aromatic rings. The molecule has 0 heterocycles. The van der Waals surface area contributed by atoms with Gasteiger partial charge in [-0.25, -0.2) is 8.42 Å². The van der Waals surface area contributed by atoms with Crippen molar-refractivity contribution in [2.24, 2.45) is 0 Å². The Bertz CT molecular complexity index is 706. The Morgan fingerprint density at radius 2 is 1.60 bits per heavy atom. The number of benzene rings is 2. The highest BCUT2D eigenvalue weighted by Crippen LogP contribution is 2.32. The van der Waals surface area contributed by atoms with E-state index < -0.39 is 10.0 Å². The summed E-state index contributed by atoms with van der Waals surface area (Å²) in [6.07, 6.45) is 0. The summed E-state index contributed by atoms with van der Waals surface area (Å²) in [5, 5.41) is 1.50. The molecule has 0 saturated heterocycles. The first-order chi connectivity index (χ1) is 9.56. The largest absolute Gasteiger partial charge is 0.496 e. The van der Waals surface area contributed by atoms with Gasteiger partial charge in [0, 0.05) is 23.9 Å². The van der Waals surface area contributed by atoms with Crippen LogP contribution in [0.15, 0.2) is 41.3 Å². The van der Waals surface area contributed by atoms with Crippen LogP contribution >= 0.6 is 0 Å². The number of hydrogen-bond acceptors (Lipinski definition) is 3. The maximum Gasteiger partial charge on any atom is 0.243 e. The highest BCUT2D eigenvalue weighted by molar-refractivity contribution is 7.89. The van der Waals surface area contributed by atoms with Gasteiger partial charge in [-0.2, -0.15) is 4.31 Å². The predicted octanol–water partition coefficient (Wildman–Crippen LogP) is 2.88. The molecule has 0 fully saturated rings. The molecule has 0 aliphatic carbocycles. The smallest absolute Gasteiger partial charge is 0.243 e. The van der Waals surface area contributed by atoms with Crippen LogP contribution in [-0.2, 0) is 10.0 Å². The van der Waals surface area contributed by atoms with Crippen LogP contribution in [0.5, 0.6) is 5.75 Å². The first-order valence-corrected chi connectivity index (χ1v) is 8.06. The van der Waals surface area contributed by atoms with Crippen molar-refractivity contribution >= 4 is 20.8 Å². The fourth-order valence-electron chi connectivity index (χ4n) is 2.35. The first kappa shape index (κ1) is 14.8. The third kappa shape index (κ3) is 2.39. The average molecular weight is 293 g/mol. The first-order valence-electron chi connectivity index (χ1n) is 6.62. The summed E-state index contributed by atoms with van der Waals surface area (Å²) >= 11 is 0. The van der Waals surface area contributed by atoms with Crippen LogP contribution in [0.25, 0.3) is 10.8 Å². The van der Waals surface area contributed by atoms with Crippen molar-refractivity contribution in [3.05, 3.63) is 36.4 Å². The van der Waals surface area contributed by atoms with Gasteiger partial charge in [0.15, 0.2) is 0 Å². The highest BCUT2D eigenvalue weighted by Gasteiger charge is 2.24. The van der Waals surface area contributed by atoms with Gasteiger partial charge in [-0.05, 0) is 12.1 Å². The van der Waals surface area contributed by atoms with Crippen molar-refractivity contribution in [2.75, 3.05) is 20.2 Å². The minimum absolute atomic E-state index is 0.331. The molecule has 0 aliphatic rings. The molecule has 0 bridgehead atoms. The summed E-state index contributed by atoms with van der Waals surface area (Å²) in [6, 6.07) is 10.7. The molecule has 0 aromatic heterocycles. The standard InChI is InChI=1S/C15H19NO3S/c1-4-16(5-2)20(17,18)15-11-10-14(19-3)12-8-6-7-9-13(12)15/h6-11H,4-5H2,1-3H3. The SMILES string of the molecule is CCN(CC)S(=O)(=O)c1ccc(OC)c2ccccc12. The van der Waals surface area contributed by atoms with E-state index in [1.54, 1.807) is 19.2 Å². The van der Waals surface area contributed by atoms with Crippen molar-refractivity contribution in [1.82, 2.24) is 4.31 Å². The van der Waals surface area contributed by atoms with Crippen LogP contribution in [0.3, 0.4) is 0 Å². The van der Waals surface area contributed by atoms with Crippen molar-refractivity contribution in [1.29, 1.82) is 0 Å². The van der Waals surface area contributed by atoms with E-state index in [2.05, 4.69) is 0 Å². The van der Waals surface area contributed by atoms with Gasteiger partial charge >= 0.3 is 0 Å². The van der Waals surface area contributed by atoms with Crippen molar-refractivity contribution < 1.29 is 13.2 Å². The lowest BCUT2D eigenvalue weighted by molar-refractivity contribution is 0.419. The van der Waals surface area contributed by atoms with Crippen LogP contribution in [0.1, 0.15) is 13.8 Å². The van der Waals surface area contributed by atoms with Gasteiger partial charge < -0.3 is 4.74 Å². The summed E-state index contributed by atoms with van der Waals surface area (Å²) < 4.78 is 32.1. The number of rotatable bonds is 5. The van der Waals surface area contributed by atoms with Crippen molar-refractivity contribution in [2.45, 2.75) is 18.7 Å². The molecule has 2 aromatic carbocycles. The Labute approximate surface area is 120 Å². The van der Waals surface area contributed by atoms with E-state index >= 15 is 0 Å². The van der Waals surface area contributed by atoms with Crippen LogP contribution in [0.4, 0.5) is 0 Å². The number of fused-ring (bicyclic) bond motifs is 1.